The monoisotopic (exact) mass is 359 g/mol. The van der Waals surface area contributed by atoms with E-state index >= 15 is 0 Å². The van der Waals surface area contributed by atoms with Crippen molar-refractivity contribution in [2.45, 2.75) is 44.7 Å². The number of halogens is 3. The van der Waals surface area contributed by atoms with Crippen LogP contribution in [-0.2, 0) is 6.54 Å². The van der Waals surface area contributed by atoms with Gasteiger partial charge in [-0.1, -0.05) is 42.5 Å². The van der Waals surface area contributed by atoms with Gasteiger partial charge in [-0.25, -0.2) is 0 Å². The van der Waals surface area contributed by atoms with Gasteiger partial charge in [-0.3, -0.25) is 0 Å². The molecule has 1 fully saturated rings. The number of rotatable bonds is 4. The van der Waals surface area contributed by atoms with Crippen molar-refractivity contribution in [3.05, 3.63) is 46.1 Å². The first-order valence-electron chi connectivity index (χ1n) is 7.50. The first-order valence-corrected chi connectivity index (χ1v) is 8.25. The Balaban J connectivity index is 0.00000176. The third kappa shape index (κ3) is 4.42. The third-order valence-electron chi connectivity index (χ3n) is 4.03. The summed E-state index contributed by atoms with van der Waals surface area (Å²) >= 11 is 12.1. The number of nitrogens with one attached hydrogen (secondary N) is 1. The Kier molecular flexibility index (Phi) is 6.64. The van der Waals surface area contributed by atoms with Gasteiger partial charge in [0.1, 0.15) is 11.5 Å². The van der Waals surface area contributed by atoms with E-state index in [9.17, 15) is 0 Å². The molecule has 1 N–H and O–H groups in total. The first-order chi connectivity index (χ1) is 10.2. The van der Waals surface area contributed by atoms with Crippen LogP contribution in [0.3, 0.4) is 0 Å². The van der Waals surface area contributed by atoms with E-state index in [-0.39, 0.29) is 12.4 Å². The van der Waals surface area contributed by atoms with Gasteiger partial charge in [0.2, 0.25) is 0 Å². The van der Waals surface area contributed by atoms with Crippen molar-refractivity contribution in [2.24, 2.45) is 0 Å². The molecule has 0 aliphatic heterocycles. The van der Waals surface area contributed by atoms with Crippen molar-refractivity contribution < 1.29 is 4.42 Å². The second-order valence-electron chi connectivity index (χ2n) is 5.61. The van der Waals surface area contributed by atoms with Crippen LogP contribution >= 0.6 is 35.6 Å². The molecule has 0 spiro atoms. The molecule has 3 rings (SSSR count). The second kappa shape index (κ2) is 8.26. The molecule has 2 aromatic rings. The van der Waals surface area contributed by atoms with Gasteiger partial charge < -0.3 is 9.73 Å². The van der Waals surface area contributed by atoms with Crippen LogP contribution in [-0.4, -0.2) is 6.04 Å². The summed E-state index contributed by atoms with van der Waals surface area (Å²) in [5, 5.41) is 4.83. The molecule has 0 atom stereocenters. The SMILES string of the molecule is Cl.Clc1ccc(-c2ccc(CNC3CCCCC3)o2)c(Cl)c1. The maximum absolute atomic E-state index is 6.21. The van der Waals surface area contributed by atoms with E-state index in [1.807, 2.05) is 24.3 Å². The van der Waals surface area contributed by atoms with Crippen molar-refractivity contribution >= 4 is 35.6 Å². The molecular formula is C17H20Cl3NO. The van der Waals surface area contributed by atoms with Gasteiger partial charge in [0.05, 0.1) is 11.6 Å². The summed E-state index contributed by atoms with van der Waals surface area (Å²) in [4.78, 5) is 0. The Morgan fingerprint density at radius 3 is 2.55 bits per heavy atom. The molecule has 120 valence electrons. The van der Waals surface area contributed by atoms with Crippen molar-refractivity contribution in [3.63, 3.8) is 0 Å². The molecule has 22 heavy (non-hydrogen) atoms. The van der Waals surface area contributed by atoms with Crippen molar-refractivity contribution in [2.75, 3.05) is 0 Å². The van der Waals surface area contributed by atoms with Crippen LogP contribution in [0.2, 0.25) is 10.0 Å². The van der Waals surface area contributed by atoms with Gasteiger partial charge in [-0.2, -0.15) is 0 Å². The Labute approximate surface area is 147 Å². The van der Waals surface area contributed by atoms with Crippen LogP contribution in [0.25, 0.3) is 11.3 Å². The number of benzene rings is 1. The van der Waals surface area contributed by atoms with E-state index in [2.05, 4.69) is 5.32 Å². The molecule has 5 heteroatoms. The summed E-state index contributed by atoms with van der Waals surface area (Å²) in [7, 11) is 0. The number of hydrogen-bond donors (Lipinski definition) is 1. The molecule has 0 radical (unpaired) electrons. The summed E-state index contributed by atoms with van der Waals surface area (Å²) in [5.41, 5.74) is 0.880. The van der Waals surface area contributed by atoms with Crippen LogP contribution in [0.4, 0.5) is 0 Å². The van der Waals surface area contributed by atoms with Crippen LogP contribution in [0.1, 0.15) is 37.9 Å². The van der Waals surface area contributed by atoms with E-state index in [1.165, 1.54) is 32.1 Å². The normalized spacial score (nSPS) is 15.5. The zero-order chi connectivity index (χ0) is 14.7. The lowest BCUT2D eigenvalue weighted by Gasteiger charge is -2.22. The molecule has 0 unspecified atom stereocenters. The van der Waals surface area contributed by atoms with Gasteiger partial charge in [-0.05, 0) is 43.2 Å². The van der Waals surface area contributed by atoms with Crippen molar-refractivity contribution in [1.29, 1.82) is 0 Å². The molecule has 1 aliphatic rings. The number of furan rings is 1. The average molecular weight is 361 g/mol. The van der Waals surface area contributed by atoms with Gasteiger partial charge in [-0.15, -0.1) is 12.4 Å². The van der Waals surface area contributed by atoms with Crippen molar-refractivity contribution in [3.8, 4) is 11.3 Å². The third-order valence-corrected chi connectivity index (χ3v) is 4.58. The van der Waals surface area contributed by atoms with Gasteiger partial charge in [0.15, 0.2) is 0 Å². The highest BCUT2D eigenvalue weighted by Gasteiger charge is 2.14. The van der Waals surface area contributed by atoms with E-state index in [1.54, 1.807) is 6.07 Å². The van der Waals surface area contributed by atoms with Crippen LogP contribution < -0.4 is 5.32 Å². The maximum Gasteiger partial charge on any atom is 0.135 e. The molecule has 1 aliphatic carbocycles. The topological polar surface area (TPSA) is 25.2 Å². The lowest BCUT2D eigenvalue weighted by atomic mass is 9.95. The lowest BCUT2D eigenvalue weighted by Crippen LogP contribution is -2.30. The Bertz CT molecular complexity index is 606. The predicted molar refractivity (Wildman–Crippen MR) is 95.1 cm³/mol. The van der Waals surface area contributed by atoms with Crippen LogP contribution in [0, 0.1) is 0 Å². The quantitative estimate of drug-likeness (QED) is 0.713. The smallest absolute Gasteiger partial charge is 0.135 e. The zero-order valence-corrected chi connectivity index (χ0v) is 14.6. The minimum absolute atomic E-state index is 0. The van der Waals surface area contributed by atoms with E-state index < -0.39 is 0 Å². The zero-order valence-electron chi connectivity index (χ0n) is 12.3. The molecule has 2 nitrogen and oxygen atoms in total. The second-order valence-corrected chi connectivity index (χ2v) is 6.45. The molecule has 1 aromatic carbocycles. The van der Waals surface area contributed by atoms with Crippen LogP contribution in [0.5, 0.6) is 0 Å². The summed E-state index contributed by atoms with van der Waals surface area (Å²) in [6.07, 6.45) is 6.59. The predicted octanol–water partition coefficient (Wildman–Crippen LogP) is 6.10. The first kappa shape index (κ1) is 17.7. The minimum Gasteiger partial charge on any atom is -0.460 e. The Morgan fingerprint density at radius 2 is 1.82 bits per heavy atom. The molecular weight excluding hydrogens is 341 g/mol. The summed E-state index contributed by atoms with van der Waals surface area (Å²) in [6, 6.07) is 10.1. The highest BCUT2D eigenvalue weighted by molar-refractivity contribution is 6.36. The maximum atomic E-state index is 6.21. The largest absolute Gasteiger partial charge is 0.460 e. The highest BCUT2D eigenvalue weighted by Crippen LogP contribution is 2.31. The highest BCUT2D eigenvalue weighted by atomic mass is 35.5. The Hall–Kier alpha value is -0.670. The molecule has 0 amide bonds. The van der Waals surface area contributed by atoms with E-state index in [4.69, 9.17) is 27.6 Å². The number of hydrogen-bond acceptors (Lipinski definition) is 2. The molecule has 1 heterocycles. The van der Waals surface area contributed by atoms with Crippen LogP contribution in [0.15, 0.2) is 34.7 Å². The van der Waals surface area contributed by atoms with E-state index in [0.717, 1.165) is 23.6 Å². The standard InChI is InChI=1S/C17H19Cl2NO.ClH/c18-12-6-8-15(16(19)10-12)17-9-7-14(21-17)11-20-13-4-2-1-3-5-13;/h6-10,13,20H,1-5,11H2;1H. The minimum atomic E-state index is 0. The van der Waals surface area contributed by atoms with Gasteiger partial charge in [0, 0.05) is 16.6 Å². The fraction of sp³-hybridized carbons (Fsp3) is 0.412. The molecule has 0 bridgehead atoms. The lowest BCUT2D eigenvalue weighted by molar-refractivity contribution is 0.358. The summed E-state index contributed by atoms with van der Waals surface area (Å²) < 4.78 is 5.89. The van der Waals surface area contributed by atoms with Gasteiger partial charge in [0.25, 0.3) is 0 Å². The fourth-order valence-corrected chi connectivity index (χ4v) is 3.36. The average Bonchev–Trinajstić information content (AvgIpc) is 2.95. The Morgan fingerprint density at radius 1 is 1.05 bits per heavy atom. The van der Waals surface area contributed by atoms with Crippen molar-refractivity contribution in [1.82, 2.24) is 5.32 Å². The summed E-state index contributed by atoms with van der Waals surface area (Å²) in [6.45, 7) is 0.774. The molecule has 1 aromatic heterocycles. The fourth-order valence-electron chi connectivity index (χ4n) is 2.86. The molecule has 0 saturated heterocycles. The molecule has 1 saturated carbocycles. The summed E-state index contributed by atoms with van der Waals surface area (Å²) in [5.74, 6) is 1.73. The van der Waals surface area contributed by atoms with E-state index in [0.29, 0.717) is 16.1 Å². The van der Waals surface area contributed by atoms with Gasteiger partial charge >= 0.3 is 0 Å².